The van der Waals surface area contributed by atoms with Gasteiger partial charge in [-0.25, -0.2) is 0 Å². The second-order valence-corrected chi connectivity index (χ2v) is 8.39. The minimum absolute atomic E-state index is 0.153. The van der Waals surface area contributed by atoms with Gasteiger partial charge in [0.1, 0.15) is 5.72 Å². The number of nitrogens with zero attached hydrogens (tertiary/aromatic N) is 1. The highest BCUT2D eigenvalue weighted by atomic mass is 16.5. The van der Waals surface area contributed by atoms with E-state index in [1.54, 1.807) is 0 Å². The number of nitrogens with one attached hydrogen (secondary N) is 1. The van der Waals surface area contributed by atoms with E-state index in [-0.39, 0.29) is 5.41 Å². The van der Waals surface area contributed by atoms with Crippen molar-refractivity contribution >= 4 is 5.69 Å². The zero-order valence-electron chi connectivity index (χ0n) is 13.5. The van der Waals surface area contributed by atoms with Crippen molar-refractivity contribution in [2.75, 3.05) is 25.0 Å². The SMILES string of the molecule is C[C@H]1OC[C@@H]2[C@H]3C[C@]4(O)N(CC[C@@]45c4ccccc4N[C@@H]25)C[C@H]31. The Morgan fingerprint density at radius 3 is 3.04 bits per heavy atom. The Morgan fingerprint density at radius 1 is 1.26 bits per heavy atom. The number of aliphatic hydroxyl groups is 1. The zero-order chi connectivity index (χ0) is 15.4. The minimum Gasteiger partial charge on any atom is -0.381 e. The molecule has 0 amide bonds. The van der Waals surface area contributed by atoms with Crippen LogP contribution in [0.2, 0.25) is 0 Å². The van der Waals surface area contributed by atoms with Gasteiger partial charge in [0, 0.05) is 36.7 Å². The van der Waals surface area contributed by atoms with E-state index in [0.717, 1.165) is 32.5 Å². The maximum Gasteiger partial charge on any atom is 0.130 e. The smallest absolute Gasteiger partial charge is 0.130 e. The molecule has 6 rings (SSSR count). The van der Waals surface area contributed by atoms with Crippen LogP contribution >= 0.6 is 0 Å². The number of fused-ring (bicyclic) bond motifs is 2. The Balaban J connectivity index is 1.60. The molecule has 1 saturated carbocycles. The molecule has 1 aromatic carbocycles. The minimum atomic E-state index is -0.675. The quantitative estimate of drug-likeness (QED) is 0.767. The Kier molecular flexibility index (Phi) is 2.26. The van der Waals surface area contributed by atoms with Crippen molar-refractivity contribution < 1.29 is 9.84 Å². The highest BCUT2D eigenvalue weighted by Crippen LogP contribution is 2.66. The normalized spacial score (nSPS) is 52.7. The average Bonchev–Trinajstić information content (AvgIpc) is 3.06. The number of para-hydroxylation sites is 1. The first-order valence-electron chi connectivity index (χ1n) is 9.10. The molecule has 1 spiro atoms. The summed E-state index contributed by atoms with van der Waals surface area (Å²) in [4.78, 5) is 2.38. The fourth-order valence-electron chi connectivity index (χ4n) is 6.90. The highest BCUT2D eigenvalue weighted by Gasteiger charge is 2.74. The largest absolute Gasteiger partial charge is 0.381 e. The van der Waals surface area contributed by atoms with E-state index in [4.69, 9.17) is 4.74 Å². The van der Waals surface area contributed by atoms with E-state index in [9.17, 15) is 5.11 Å². The summed E-state index contributed by atoms with van der Waals surface area (Å²) >= 11 is 0. The monoisotopic (exact) mass is 312 g/mol. The molecule has 4 heterocycles. The molecule has 4 fully saturated rings. The van der Waals surface area contributed by atoms with Gasteiger partial charge in [-0.3, -0.25) is 4.90 Å². The summed E-state index contributed by atoms with van der Waals surface area (Å²) in [7, 11) is 0. The molecule has 0 unspecified atom stereocenters. The molecule has 0 radical (unpaired) electrons. The van der Waals surface area contributed by atoms with Crippen LogP contribution in [0.4, 0.5) is 5.69 Å². The molecule has 3 saturated heterocycles. The molecule has 4 nitrogen and oxygen atoms in total. The van der Waals surface area contributed by atoms with Crippen molar-refractivity contribution in [3.8, 4) is 0 Å². The number of ether oxygens (including phenoxy) is 1. The van der Waals surface area contributed by atoms with E-state index in [2.05, 4.69) is 41.4 Å². The van der Waals surface area contributed by atoms with Gasteiger partial charge in [-0.1, -0.05) is 18.2 Å². The van der Waals surface area contributed by atoms with Crippen molar-refractivity contribution in [1.29, 1.82) is 0 Å². The lowest BCUT2D eigenvalue weighted by Crippen LogP contribution is -2.74. The van der Waals surface area contributed by atoms with Gasteiger partial charge in [0.05, 0.1) is 18.1 Å². The van der Waals surface area contributed by atoms with Crippen LogP contribution in [-0.2, 0) is 10.2 Å². The molecule has 122 valence electrons. The van der Waals surface area contributed by atoms with Gasteiger partial charge in [-0.15, -0.1) is 0 Å². The van der Waals surface area contributed by atoms with Crippen molar-refractivity contribution in [2.45, 2.75) is 43.1 Å². The van der Waals surface area contributed by atoms with Gasteiger partial charge >= 0.3 is 0 Å². The zero-order valence-corrected chi connectivity index (χ0v) is 13.5. The first-order chi connectivity index (χ1) is 11.1. The van der Waals surface area contributed by atoms with Crippen LogP contribution in [0.5, 0.6) is 0 Å². The maximum atomic E-state index is 11.9. The molecule has 23 heavy (non-hydrogen) atoms. The number of anilines is 1. The Hall–Kier alpha value is -1.10. The fraction of sp³-hybridized carbons (Fsp3) is 0.684. The average molecular weight is 312 g/mol. The predicted octanol–water partition coefficient (Wildman–Crippen LogP) is 1.80. The Labute approximate surface area is 136 Å². The standard InChI is InChI=1S/C19H24N2O2/c1-11-13-9-21-7-6-18-15-4-2-3-5-16(15)20-17(18)14(10-23-11)12(13)8-19(18,21)22/h2-5,11-14,17,20,22H,6-10H2,1H3/t11-,12+,13+,14-,17+,18+,19-/m1/s1. The van der Waals surface area contributed by atoms with Crippen LogP contribution in [0.25, 0.3) is 0 Å². The second-order valence-electron chi connectivity index (χ2n) is 8.39. The molecule has 7 atom stereocenters. The van der Waals surface area contributed by atoms with Crippen LogP contribution in [0.3, 0.4) is 0 Å². The molecule has 0 aromatic heterocycles. The van der Waals surface area contributed by atoms with E-state index >= 15 is 0 Å². The van der Waals surface area contributed by atoms with Crippen LogP contribution in [0.1, 0.15) is 25.3 Å². The molecule has 2 bridgehead atoms. The molecule has 4 heteroatoms. The molecular weight excluding hydrogens is 288 g/mol. The van der Waals surface area contributed by atoms with Gasteiger partial charge in [-0.05, 0) is 37.3 Å². The third-order valence-electron chi connectivity index (χ3n) is 7.90. The third kappa shape index (κ3) is 1.26. The van der Waals surface area contributed by atoms with Gasteiger partial charge in [-0.2, -0.15) is 0 Å². The van der Waals surface area contributed by atoms with E-state index in [1.807, 2.05) is 0 Å². The molecule has 5 aliphatic rings. The van der Waals surface area contributed by atoms with Crippen molar-refractivity contribution in [2.24, 2.45) is 17.8 Å². The molecule has 1 aliphatic carbocycles. The van der Waals surface area contributed by atoms with Gasteiger partial charge in [0.25, 0.3) is 0 Å². The number of rotatable bonds is 0. The van der Waals surface area contributed by atoms with Gasteiger partial charge in [0.15, 0.2) is 0 Å². The van der Waals surface area contributed by atoms with Crippen LogP contribution in [0, 0.1) is 17.8 Å². The lowest BCUT2D eigenvalue weighted by atomic mass is 9.52. The summed E-state index contributed by atoms with van der Waals surface area (Å²) in [6, 6.07) is 8.96. The van der Waals surface area contributed by atoms with Crippen LogP contribution in [-0.4, -0.2) is 47.6 Å². The van der Waals surface area contributed by atoms with E-state index < -0.39 is 5.72 Å². The number of piperidine rings is 1. The number of hydrogen-bond donors (Lipinski definition) is 2. The summed E-state index contributed by atoms with van der Waals surface area (Å²) in [6.45, 7) is 5.06. The van der Waals surface area contributed by atoms with Crippen molar-refractivity contribution in [3.05, 3.63) is 29.8 Å². The van der Waals surface area contributed by atoms with Crippen LogP contribution < -0.4 is 5.32 Å². The lowest BCUT2D eigenvalue weighted by molar-refractivity contribution is -0.247. The summed E-state index contributed by atoms with van der Waals surface area (Å²) < 4.78 is 6.19. The summed E-state index contributed by atoms with van der Waals surface area (Å²) in [5, 5.41) is 15.7. The van der Waals surface area contributed by atoms with Gasteiger partial charge < -0.3 is 15.2 Å². The molecular formula is C19H24N2O2. The Morgan fingerprint density at radius 2 is 2.13 bits per heavy atom. The van der Waals surface area contributed by atoms with Gasteiger partial charge in [0.2, 0.25) is 0 Å². The fourth-order valence-corrected chi connectivity index (χ4v) is 6.90. The maximum absolute atomic E-state index is 11.9. The first kappa shape index (κ1) is 13.2. The molecule has 1 aromatic rings. The lowest BCUT2D eigenvalue weighted by Gasteiger charge is -2.63. The van der Waals surface area contributed by atoms with Crippen molar-refractivity contribution in [3.63, 3.8) is 0 Å². The highest BCUT2D eigenvalue weighted by molar-refractivity contribution is 5.65. The summed E-state index contributed by atoms with van der Waals surface area (Å²) in [5.41, 5.74) is 1.74. The number of benzene rings is 1. The third-order valence-corrected chi connectivity index (χ3v) is 7.90. The van der Waals surface area contributed by atoms with E-state index in [0.29, 0.717) is 29.9 Å². The van der Waals surface area contributed by atoms with E-state index in [1.165, 1.54) is 11.3 Å². The summed E-state index contributed by atoms with van der Waals surface area (Å²) in [6.07, 6.45) is 2.29. The second kappa shape index (κ2) is 3.93. The summed E-state index contributed by atoms with van der Waals surface area (Å²) in [5.74, 6) is 1.66. The Bertz CT molecular complexity index is 694. The molecule has 4 aliphatic heterocycles. The van der Waals surface area contributed by atoms with Crippen LogP contribution in [0.15, 0.2) is 24.3 Å². The van der Waals surface area contributed by atoms with Crippen molar-refractivity contribution in [1.82, 2.24) is 4.90 Å². The first-order valence-corrected chi connectivity index (χ1v) is 9.10. The number of hydrogen-bond acceptors (Lipinski definition) is 4. The predicted molar refractivity (Wildman–Crippen MR) is 87.2 cm³/mol. The molecule has 2 N–H and O–H groups in total. The topological polar surface area (TPSA) is 44.7 Å².